The summed E-state index contributed by atoms with van der Waals surface area (Å²) in [7, 11) is 1.67. The second-order valence-electron chi connectivity index (χ2n) is 4.86. The van der Waals surface area contributed by atoms with Gasteiger partial charge in [-0.3, -0.25) is 0 Å². The number of methoxy groups -OCH3 is 1. The van der Waals surface area contributed by atoms with Crippen molar-refractivity contribution in [1.82, 2.24) is 15.0 Å². The van der Waals surface area contributed by atoms with Crippen molar-refractivity contribution in [2.24, 2.45) is 0 Å². The average molecular weight is 283 g/mol. The van der Waals surface area contributed by atoms with Crippen LogP contribution in [0.3, 0.4) is 0 Å². The molecule has 3 aromatic rings. The number of nitrogen functional groups attached to an aromatic ring is 2. The Bertz CT molecular complexity index is 781. The monoisotopic (exact) mass is 283 g/mol. The molecule has 0 unspecified atom stereocenters. The van der Waals surface area contributed by atoms with Crippen LogP contribution in [0.5, 0.6) is 5.75 Å². The van der Waals surface area contributed by atoms with E-state index < -0.39 is 0 Å². The Morgan fingerprint density at radius 2 is 2.00 bits per heavy atom. The van der Waals surface area contributed by atoms with Gasteiger partial charge in [0.15, 0.2) is 0 Å². The van der Waals surface area contributed by atoms with E-state index in [0.717, 1.165) is 35.1 Å². The third-order valence-corrected chi connectivity index (χ3v) is 3.55. The number of fused-ring (bicyclic) bond motifs is 1. The van der Waals surface area contributed by atoms with E-state index in [1.807, 2.05) is 24.4 Å². The second kappa shape index (κ2) is 5.32. The molecular formula is C15H17N5O. The number of ether oxygens (including phenoxy) is 1. The number of H-pyrrole nitrogens is 1. The Morgan fingerprint density at radius 1 is 1.19 bits per heavy atom. The molecule has 1 aromatic carbocycles. The fraction of sp³-hybridized carbons (Fsp3) is 0.200. The van der Waals surface area contributed by atoms with E-state index in [1.54, 1.807) is 13.3 Å². The van der Waals surface area contributed by atoms with E-state index in [9.17, 15) is 0 Å². The number of aromatic amines is 1. The van der Waals surface area contributed by atoms with Gasteiger partial charge in [0.1, 0.15) is 11.6 Å². The second-order valence-corrected chi connectivity index (χ2v) is 4.86. The molecule has 0 aliphatic rings. The summed E-state index contributed by atoms with van der Waals surface area (Å²) >= 11 is 0. The topological polar surface area (TPSA) is 103 Å². The molecule has 0 aliphatic carbocycles. The molecule has 0 bridgehead atoms. The molecule has 0 amide bonds. The summed E-state index contributed by atoms with van der Waals surface area (Å²) in [6, 6.07) is 5.98. The number of aryl methyl sites for hydroxylation is 2. The normalized spacial score (nSPS) is 10.9. The lowest BCUT2D eigenvalue weighted by atomic mass is 10.0. The Morgan fingerprint density at radius 3 is 2.76 bits per heavy atom. The zero-order valence-corrected chi connectivity index (χ0v) is 11.8. The summed E-state index contributed by atoms with van der Waals surface area (Å²) in [5, 5.41) is 1.16. The lowest BCUT2D eigenvalue weighted by molar-refractivity contribution is 0.415. The first-order valence-electron chi connectivity index (χ1n) is 6.68. The van der Waals surface area contributed by atoms with Crippen molar-refractivity contribution >= 4 is 22.7 Å². The van der Waals surface area contributed by atoms with Gasteiger partial charge in [0.25, 0.3) is 0 Å². The maximum absolute atomic E-state index is 5.86. The van der Waals surface area contributed by atoms with Gasteiger partial charge < -0.3 is 21.2 Å². The van der Waals surface area contributed by atoms with Crippen molar-refractivity contribution in [3.63, 3.8) is 0 Å². The number of aromatic nitrogens is 3. The fourth-order valence-corrected chi connectivity index (χ4v) is 2.39. The zero-order valence-electron chi connectivity index (χ0n) is 11.8. The molecule has 21 heavy (non-hydrogen) atoms. The summed E-state index contributed by atoms with van der Waals surface area (Å²) in [5.74, 6) is 1.49. The van der Waals surface area contributed by atoms with Crippen LogP contribution >= 0.6 is 0 Å². The van der Waals surface area contributed by atoms with Gasteiger partial charge in [-0.15, -0.1) is 0 Å². The van der Waals surface area contributed by atoms with Crippen LogP contribution in [0.2, 0.25) is 0 Å². The molecule has 0 radical (unpaired) electrons. The van der Waals surface area contributed by atoms with Crippen LogP contribution < -0.4 is 16.2 Å². The highest BCUT2D eigenvalue weighted by Crippen LogP contribution is 2.25. The SMILES string of the molecule is COc1ccc2[nH]cc(CCc3cnc(N)nc3N)c2c1. The van der Waals surface area contributed by atoms with Crippen molar-refractivity contribution in [2.75, 3.05) is 18.6 Å². The van der Waals surface area contributed by atoms with Gasteiger partial charge in [-0.2, -0.15) is 4.98 Å². The van der Waals surface area contributed by atoms with Crippen molar-refractivity contribution in [3.05, 3.63) is 41.7 Å². The van der Waals surface area contributed by atoms with Crippen LogP contribution in [0, 0.1) is 0 Å². The number of nitrogens with two attached hydrogens (primary N) is 2. The quantitative estimate of drug-likeness (QED) is 0.678. The van der Waals surface area contributed by atoms with Crippen LogP contribution in [0.25, 0.3) is 10.9 Å². The minimum Gasteiger partial charge on any atom is -0.497 e. The molecule has 2 aromatic heterocycles. The first-order valence-corrected chi connectivity index (χ1v) is 6.68. The summed E-state index contributed by atoms with van der Waals surface area (Å²) in [4.78, 5) is 11.2. The van der Waals surface area contributed by atoms with E-state index >= 15 is 0 Å². The minimum absolute atomic E-state index is 0.202. The van der Waals surface area contributed by atoms with E-state index in [2.05, 4.69) is 15.0 Å². The predicted molar refractivity (Wildman–Crippen MR) is 83.1 cm³/mol. The van der Waals surface area contributed by atoms with Crippen LogP contribution in [0.1, 0.15) is 11.1 Å². The number of hydrogen-bond donors (Lipinski definition) is 3. The van der Waals surface area contributed by atoms with E-state index in [1.165, 1.54) is 5.56 Å². The standard InChI is InChI=1S/C15H17N5O/c1-21-11-4-5-13-12(6-11)9(7-18-13)2-3-10-8-19-15(17)20-14(10)16/h4-8,18H,2-3H2,1H3,(H4,16,17,19,20). The third kappa shape index (κ3) is 2.60. The average Bonchev–Trinajstić information content (AvgIpc) is 2.88. The first kappa shape index (κ1) is 13.2. The summed E-state index contributed by atoms with van der Waals surface area (Å²) in [6.45, 7) is 0. The van der Waals surface area contributed by atoms with Gasteiger partial charge in [0.05, 0.1) is 7.11 Å². The molecule has 6 heteroatoms. The third-order valence-electron chi connectivity index (χ3n) is 3.55. The summed E-state index contributed by atoms with van der Waals surface area (Å²) in [5.41, 5.74) is 14.6. The van der Waals surface area contributed by atoms with Crippen LogP contribution in [0.15, 0.2) is 30.6 Å². The van der Waals surface area contributed by atoms with Crippen molar-refractivity contribution in [1.29, 1.82) is 0 Å². The van der Waals surface area contributed by atoms with Gasteiger partial charge in [-0.25, -0.2) is 4.98 Å². The molecule has 2 heterocycles. The zero-order chi connectivity index (χ0) is 14.8. The lowest BCUT2D eigenvalue weighted by Gasteiger charge is -2.05. The smallest absolute Gasteiger partial charge is 0.221 e. The Balaban J connectivity index is 1.84. The molecule has 0 saturated heterocycles. The Kier molecular flexibility index (Phi) is 3.35. The van der Waals surface area contributed by atoms with E-state index in [0.29, 0.717) is 5.82 Å². The van der Waals surface area contributed by atoms with E-state index in [4.69, 9.17) is 16.2 Å². The van der Waals surface area contributed by atoms with Crippen molar-refractivity contribution < 1.29 is 4.74 Å². The number of anilines is 2. The molecule has 5 N–H and O–H groups in total. The molecule has 0 aliphatic heterocycles. The molecule has 0 atom stereocenters. The molecule has 3 rings (SSSR count). The highest BCUT2D eigenvalue weighted by molar-refractivity contribution is 5.84. The van der Waals surface area contributed by atoms with Crippen molar-refractivity contribution in [2.45, 2.75) is 12.8 Å². The highest BCUT2D eigenvalue weighted by atomic mass is 16.5. The number of nitrogens with zero attached hydrogens (tertiary/aromatic N) is 2. The molecule has 0 fully saturated rings. The van der Waals surface area contributed by atoms with Gasteiger partial charge in [-0.05, 0) is 36.6 Å². The van der Waals surface area contributed by atoms with Gasteiger partial charge in [0.2, 0.25) is 5.95 Å². The van der Waals surface area contributed by atoms with Gasteiger partial charge in [0, 0.05) is 28.9 Å². The molecule has 0 spiro atoms. The van der Waals surface area contributed by atoms with Crippen molar-refractivity contribution in [3.8, 4) is 5.75 Å². The maximum Gasteiger partial charge on any atom is 0.221 e. The Hall–Kier alpha value is -2.76. The number of hydrogen-bond acceptors (Lipinski definition) is 5. The molecule has 0 saturated carbocycles. The number of benzene rings is 1. The van der Waals surface area contributed by atoms with Crippen LogP contribution in [-0.4, -0.2) is 22.1 Å². The summed E-state index contributed by atoms with van der Waals surface area (Å²) in [6.07, 6.45) is 5.30. The Labute approximate surface area is 122 Å². The molecule has 6 nitrogen and oxygen atoms in total. The first-order chi connectivity index (χ1) is 10.2. The van der Waals surface area contributed by atoms with Crippen LogP contribution in [-0.2, 0) is 12.8 Å². The van der Waals surface area contributed by atoms with Crippen LogP contribution in [0.4, 0.5) is 11.8 Å². The largest absolute Gasteiger partial charge is 0.497 e. The summed E-state index contributed by atoms with van der Waals surface area (Å²) < 4.78 is 5.27. The molecule has 108 valence electrons. The van der Waals surface area contributed by atoms with Gasteiger partial charge in [-0.1, -0.05) is 0 Å². The predicted octanol–water partition coefficient (Wildman–Crippen LogP) is 1.92. The van der Waals surface area contributed by atoms with E-state index in [-0.39, 0.29) is 5.95 Å². The lowest BCUT2D eigenvalue weighted by Crippen LogP contribution is -2.04. The number of nitrogens with one attached hydrogen (secondary N) is 1. The maximum atomic E-state index is 5.86. The fourth-order valence-electron chi connectivity index (χ4n) is 2.39. The highest BCUT2D eigenvalue weighted by Gasteiger charge is 2.08. The van der Waals surface area contributed by atoms with Gasteiger partial charge >= 0.3 is 0 Å². The number of rotatable bonds is 4. The minimum atomic E-state index is 0.202. The molecular weight excluding hydrogens is 266 g/mol.